The highest BCUT2D eigenvalue weighted by Crippen LogP contribution is 2.63. The molecule has 0 heteroatoms. The Hall–Kier alpha value is -7.80. The minimum Gasteiger partial charge on any atom is -0.0622 e. The normalized spacial score (nSPS) is 13.8. The molecule has 0 nitrogen and oxygen atoms in total. The molecule has 0 spiro atoms. The summed E-state index contributed by atoms with van der Waals surface area (Å²) in [6.45, 7) is 0. The molecule has 276 valence electrons. The Kier molecular flexibility index (Phi) is 7.11. The number of hydrogen-bond acceptors (Lipinski definition) is 0. The van der Waals surface area contributed by atoms with Gasteiger partial charge in [-0.2, -0.15) is 0 Å². The zero-order valence-electron chi connectivity index (χ0n) is 32.8. The van der Waals surface area contributed by atoms with Crippen LogP contribution in [0.2, 0.25) is 0 Å². The molecule has 2 aliphatic rings. The topological polar surface area (TPSA) is 0 Å². The average molecular weight is 757 g/mol. The van der Waals surface area contributed by atoms with Crippen molar-refractivity contribution in [3.8, 4) is 0 Å². The first-order chi connectivity index (χ1) is 29.8. The minimum atomic E-state index is 1.22. The molecule has 0 unspecified atom stereocenters. The van der Waals surface area contributed by atoms with Crippen LogP contribution in [-0.4, -0.2) is 0 Å². The molecule has 0 heterocycles. The van der Waals surface area contributed by atoms with Crippen molar-refractivity contribution in [1.29, 1.82) is 0 Å². The molecule has 0 aliphatic heterocycles. The maximum Gasteiger partial charge on any atom is -0.000116 e. The first-order valence-electron chi connectivity index (χ1n) is 20.9. The first kappa shape index (κ1) is 33.2. The van der Waals surface area contributed by atoms with Crippen LogP contribution in [0.3, 0.4) is 0 Å². The van der Waals surface area contributed by atoms with E-state index in [1.54, 1.807) is 0 Å². The summed E-state index contributed by atoms with van der Waals surface area (Å²) in [4.78, 5) is 0. The lowest BCUT2D eigenvalue weighted by atomic mass is 9.83. The zero-order valence-corrected chi connectivity index (χ0v) is 32.8. The second-order valence-corrected chi connectivity index (χ2v) is 16.3. The monoisotopic (exact) mass is 756 g/mol. The Bertz CT molecular complexity index is 3660. The number of hydrogen-bond donors (Lipinski definition) is 0. The Labute approximate surface area is 348 Å². The van der Waals surface area contributed by atoms with Gasteiger partial charge in [-0.1, -0.05) is 188 Å². The maximum atomic E-state index is 2.52. The summed E-state index contributed by atoms with van der Waals surface area (Å²) in [6.07, 6.45) is 0. The molecule has 2 aliphatic carbocycles. The van der Waals surface area contributed by atoms with Crippen LogP contribution in [0.15, 0.2) is 224 Å². The number of benzene rings is 11. The molecule has 0 bridgehead atoms. The van der Waals surface area contributed by atoms with E-state index in [2.05, 4.69) is 218 Å². The van der Waals surface area contributed by atoms with E-state index >= 15 is 0 Å². The van der Waals surface area contributed by atoms with Gasteiger partial charge in [0.05, 0.1) is 0 Å². The van der Waals surface area contributed by atoms with Crippen LogP contribution in [0, 0.1) is 0 Å². The van der Waals surface area contributed by atoms with Gasteiger partial charge in [0.2, 0.25) is 0 Å². The molecule has 11 aromatic rings. The number of rotatable bonds is 4. The second kappa shape index (κ2) is 12.9. The standard InChI is InChI=1S/C60H36/c1-4-18-37(19-5-1)54-52-35-42-33-50-48-30-16-14-28-46(48)47-29-15-17-31-49(47)51(50)34-43(42)36-53(52)58-59(54)55(38-20-6-2-7-21-38)56(39-22-8-3-9-23-39)60(58)57-44-26-12-10-24-40(44)32-41-25-11-13-27-45(41)57/h1-36H. The molecule has 11 aromatic carbocycles. The van der Waals surface area contributed by atoms with Crippen molar-refractivity contribution in [1.82, 2.24) is 0 Å². The molecule has 0 amide bonds. The van der Waals surface area contributed by atoms with Crippen LogP contribution in [0.5, 0.6) is 0 Å². The van der Waals surface area contributed by atoms with Gasteiger partial charge < -0.3 is 0 Å². The van der Waals surface area contributed by atoms with Crippen molar-refractivity contribution in [3.05, 3.63) is 257 Å². The van der Waals surface area contributed by atoms with Crippen LogP contribution < -0.4 is 0 Å². The quantitative estimate of drug-likeness (QED) is 0.124. The molecule has 0 fully saturated rings. The van der Waals surface area contributed by atoms with Gasteiger partial charge in [0.15, 0.2) is 0 Å². The van der Waals surface area contributed by atoms with Crippen LogP contribution in [-0.2, 0) is 0 Å². The summed E-state index contributed by atoms with van der Waals surface area (Å²) in [5.41, 5.74) is 15.3. The lowest BCUT2D eigenvalue weighted by molar-refractivity contribution is 1.56. The fraction of sp³-hybridized carbons (Fsp3) is 0. The molecule has 0 saturated carbocycles. The van der Waals surface area contributed by atoms with Gasteiger partial charge in [0.1, 0.15) is 0 Å². The van der Waals surface area contributed by atoms with E-state index in [4.69, 9.17) is 0 Å². The minimum absolute atomic E-state index is 1.22. The second-order valence-electron chi connectivity index (χ2n) is 16.3. The van der Waals surface area contributed by atoms with Crippen LogP contribution in [0.25, 0.3) is 92.5 Å². The van der Waals surface area contributed by atoms with E-state index < -0.39 is 0 Å². The van der Waals surface area contributed by atoms with Gasteiger partial charge >= 0.3 is 0 Å². The maximum absolute atomic E-state index is 2.52. The Morgan fingerprint density at radius 3 is 1.00 bits per heavy atom. The van der Waals surface area contributed by atoms with Crippen LogP contribution in [0.4, 0.5) is 0 Å². The molecular weight excluding hydrogens is 721 g/mol. The van der Waals surface area contributed by atoms with Crippen molar-refractivity contribution < 1.29 is 0 Å². The van der Waals surface area contributed by atoms with E-state index in [1.807, 2.05) is 0 Å². The Balaban J connectivity index is 1.25. The van der Waals surface area contributed by atoms with Crippen molar-refractivity contribution >= 4 is 92.5 Å². The molecule has 0 aromatic heterocycles. The summed E-state index contributed by atoms with van der Waals surface area (Å²) >= 11 is 0. The first-order valence-corrected chi connectivity index (χ1v) is 20.9. The van der Waals surface area contributed by atoms with Crippen molar-refractivity contribution in [2.45, 2.75) is 0 Å². The number of allylic oxidation sites excluding steroid dienone is 5. The van der Waals surface area contributed by atoms with Crippen molar-refractivity contribution in [2.75, 3.05) is 0 Å². The van der Waals surface area contributed by atoms with E-state index in [9.17, 15) is 0 Å². The van der Waals surface area contributed by atoms with Crippen LogP contribution >= 0.6 is 0 Å². The van der Waals surface area contributed by atoms with Crippen molar-refractivity contribution in [3.63, 3.8) is 0 Å². The molecule has 0 N–H and O–H groups in total. The lowest BCUT2D eigenvalue weighted by Crippen LogP contribution is -1.97. The van der Waals surface area contributed by atoms with Gasteiger partial charge in [-0.3, -0.25) is 0 Å². The third-order valence-electron chi connectivity index (χ3n) is 13.1. The molecule has 0 atom stereocenters. The fourth-order valence-electron chi connectivity index (χ4n) is 10.6. The Morgan fingerprint density at radius 2 is 0.533 bits per heavy atom. The predicted molar refractivity (Wildman–Crippen MR) is 257 cm³/mol. The van der Waals surface area contributed by atoms with Gasteiger partial charge in [0.25, 0.3) is 0 Å². The molecule has 13 rings (SSSR count). The van der Waals surface area contributed by atoms with E-state index in [-0.39, 0.29) is 0 Å². The zero-order chi connectivity index (χ0) is 39.3. The largest absolute Gasteiger partial charge is 0.0622 e. The van der Waals surface area contributed by atoms with Gasteiger partial charge in [-0.15, -0.1) is 0 Å². The molecule has 0 saturated heterocycles. The van der Waals surface area contributed by atoms with E-state index in [0.717, 1.165) is 0 Å². The summed E-state index contributed by atoms with van der Waals surface area (Å²) in [7, 11) is 0. The van der Waals surface area contributed by atoms with Crippen molar-refractivity contribution in [2.24, 2.45) is 0 Å². The lowest BCUT2D eigenvalue weighted by Gasteiger charge is -2.20. The summed E-state index contributed by atoms with van der Waals surface area (Å²) in [6, 6.07) is 81.4. The molecular formula is C60H36. The SMILES string of the molecule is c1ccc(C2=C(c3ccccc3)C(c3c4ccccc4cc4ccccc34)=C3C2=C(c2ccccc2)c2cc4cc5c6ccccc6c6ccccc6c5cc4cc23)cc1. The van der Waals surface area contributed by atoms with E-state index in [0.29, 0.717) is 0 Å². The third-order valence-corrected chi connectivity index (χ3v) is 13.1. The smallest absolute Gasteiger partial charge is 0.000116 e. The van der Waals surface area contributed by atoms with Gasteiger partial charge in [-0.25, -0.2) is 0 Å². The molecule has 60 heavy (non-hydrogen) atoms. The van der Waals surface area contributed by atoms with Gasteiger partial charge in [-0.05, 0) is 162 Å². The van der Waals surface area contributed by atoms with E-state index in [1.165, 1.54) is 131 Å². The highest BCUT2D eigenvalue weighted by Gasteiger charge is 2.41. The molecule has 0 radical (unpaired) electrons. The number of fused-ring (bicyclic) bond motifs is 12. The third kappa shape index (κ3) is 4.73. The summed E-state index contributed by atoms with van der Waals surface area (Å²) < 4.78 is 0. The fourth-order valence-corrected chi connectivity index (χ4v) is 10.6. The highest BCUT2D eigenvalue weighted by molar-refractivity contribution is 6.42. The highest BCUT2D eigenvalue weighted by atomic mass is 14.4. The summed E-state index contributed by atoms with van der Waals surface area (Å²) in [5.74, 6) is 0. The Morgan fingerprint density at radius 1 is 0.183 bits per heavy atom. The van der Waals surface area contributed by atoms with Crippen LogP contribution in [0.1, 0.15) is 33.4 Å². The average Bonchev–Trinajstić information content (AvgIpc) is 3.82. The summed E-state index contributed by atoms with van der Waals surface area (Å²) in [5, 5.41) is 15.3. The van der Waals surface area contributed by atoms with Gasteiger partial charge in [0, 0.05) is 0 Å². The predicted octanol–water partition coefficient (Wildman–Crippen LogP) is 16.0.